The van der Waals surface area contributed by atoms with Crippen LogP contribution in [-0.2, 0) is 0 Å². The Morgan fingerprint density at radius 2 is 1.90 bits per heavy atom. The number of fused-ring (bicyclic) bond motifs is 1. The number of H-pyrrole nitrogens is 1. The minimum atomic E-state index is -0.329. The van der Waals surface area contributed by atoms with Crippen molar-refractivity contribution in [2.24, 2.45) is 0 Å². The van der Waals surface area contributed by atoms with Crippen molar-refractivity contribution in [3.05, 3.63) is 59.4 Å². The van der Waals surface area contributed by atoms with E-state index in [1.165, 1.54) is 12.1 Å². The Kier molecular flexibility index (Phi) is 2.81. The number of aromatic nitrogens is 1. The molecule has 3 nitrogen and oxygen atoms in total. The lowest BCUT2D eigenvalue weighted by atomic mass is 10.1. The first-order chi connectivity index (χ1) is 9.72. The van der Waals surface area contributed by atoms with Gasteiger partial charge in [0.05, 0.1) is 17.3 Å². The molecule has 2 aromatic carbocycles. The zero-order valence-electron chi connectivity index (χ0n) is 10.4. The number of rotatable bonds is 2. The molecule has 0 aliphatic heterocycles. The molecule has 0 aliphatic rings. The van der Waals surface area contributed by atoms with Crippen LogP contribution < -0.4 is 0 Å². The second-order valence-corrected chi connectivity index (χ2v) is 4.41. The van der Waals surface area contributed by atoms with Gasteiger partial charge in [0, 0.05) is 16.5 Å². The molecule has 0 amide bonds. The van der Waals surface area contributed by atoms with Crippen molar-refractivity contribution < 1.29 is 9.18 Å². The van der Waals surface area contributed by atoms with E-state index in [1.807, 2.05) is 6.07 Å². The molecule has 0 unspecified atom stereocenters. The monoisotopic (exact) mass is 264 g/mol. The van der Waals surface area contributed by atoms with Crippen LogP contribution in [0.4, 0.5) is 4.39 Å². The molecule has 0 saturated carbocycles. The third-order valence-electron chi connectivity index (χ3n) is 3.22. The van der Waals surface area contributed by atoms with Crippen molar-refractivity contribution in [1.82, 2.24) is 4.98 Å². The molecule has 1 aromatic heterocycles. The van der Waals surface area contributed by atoms with Crippen LogP contribution >= 0.6 is 0 Å². The first-order valence-corrected chi connectivity index (χ1v) is 6.00. The second-order valence-electron chi connectivity index (χ2n) is 4.41. The number of aldehydes is 1. The minimum Gasteiger partial charge on any atom is -0.354 e. The van der Waals surface area contributed by atoms with Crippen LogP contribution in [0.2, 0.25) is 0 Å². The molecule has 0 radical (unpaired) electrons. The highest BCUT2D eigenvalue weighted by molar-refractivity contribution is 6.04. The maximum atomic E-state index is 13.0. The van der Waals surface area contributed by atoms with E-state index in [0.717, 1.165) is 17.4 Å². The predicted octanol–water partition coefficient (Wildman–Crippen LogP) is 3.66. The summed E-state index contributed by atoms with van der Waals surface area (Å²) in [4.78, 5) is 14.5. The van der Waals surface area contributed by atoms with E-state index in [2.05, 4.69) is 4.98 Å². The smallest absolute Gasteiger partial charge is 0.152 e. The summed E-state index contributed by atoms with van der Waals surface area (Å²) in [5.41, 5.74) is 3.09. The van der Waals surface area contributed by atoms with Crippen LogP contribution in [0.5, 0.6) is 0 Å². The van der Waals surface area contributed by atoms with Crippen molar-refractivity contribution in [1.29, 1.82) is 5.26 Å². The molecular weight excluding hydrogens is 255 g/mol. The average molecular weight is 264 g/mol. The number of nitrogens with zero attached hydrogens (tertiary/aromatic N) is 1. The third-order valence-corrected chi connectivity index (χ3v) is 3.22. The first kappa shape index (κ1) is 12.1. The summed E-state index contributed by atoms with van der Waals surface area (Å²) in [7, 11) is 0. The topological polar surface area (TPSA) is 56.6 Å². The molecule has 20 heavy (non-hydrogen) atoms. The van der Waals surface area contributed by atoms with E-state index < -0.39 is 0 Å². The number of halogens is 1. The first-order valence-electron chi connectivity index (χ1n) is 6.00. The van der Waals surface area contributed by atoms with Crippen molar-refractivity contribution in [2.45, 2.75) is 0 Å². The molecule has 1 N–H and O–H groups in total. The van der Waals surface area contributed by atoms with Gasteiger partial charge in [0.2, 0.25) is 0 Å². The quantitative estimate of drug-likeness (QED) is 0.718. The van der Waals surface area contributed by atoms with Crippen LogP contribution in [-0.4, -0.2) is 11.3 Å². The van der Waals surface area contributed by atoms with E-state index in [-0.39, 0.29) is 5.82 Å². The summed E-state index contributed by atoms with van der Waals surface area (Å²) < 4.78 is 13.0. The summed E-state index contributed by atoms with van der Waals surface area (Å²) in [5.74, 6) is -0.329. The number of carbonyl (C=O) groups is 1. The predicted molar refractivity (Wildman–Crippen MR) is 73.8 cm³/mol. The van der Waals surface area contributed by atoms with Gasteiger partial charge in [-0.05, 0) is 48.0 Å². The van der Waals surface area contributed by atoms with Gasteiger partial charge in [-0.25, -0.2) is 4.39 Å². The highest BCUT2D eigenvalue weighted by Crippen LogP contribution is 2.29. The number of nitriles is 1. The Balaban J connectivity index is 2.28. The van der Waals surface area contributed by atoms with Crippen molar-refractivity contribution in [3.8, 4) is 17.3 Å². The van der Waals surface area contributed by atoms with Gasteiger partial charge in [0.25, 0.3) is 0 Å². The van der Waals surface area contributed by atoms with Gasteiger partial charge in [0.1, 0.15) is 5.82 Å². The number of carbonyl (C=O) groups excluding carboxylic acids is 1. The van der Waals surface area contributed by atoms with Gasteiger partial charge >= 0.3 is 0 Å². The minimum absolute atomic E-state index is 0.329. The molecule has 3 rings (SSSR count). The normalized spacial score (nSPS) is 10.4. The van der Waals surface area contributed by atoms with Crippen LogP contribution in [0.15, 0.2) is 42.5 Å². The number of hydrogen-bond donors (Lipinski definition) is 1. The van der Waals surface area contributed by atoms with Crippen LogP contribution in [0, 0.1) is 17.1 Å². The fraction of sp³-hybridized carbons (Fsp3) is 0. The fourth-order valence-electron chi connectivity index (χ4n) is 2.25. The van der Waals surface area contributed by atoms with E-state index in [1.54, 1.807) is 30.3 Å². The van der Waals surface area contributed by atoms with Gasteiger partial charge in [-0.15, -0.1) is 0 Å². The Morgan fingerprint density at radius 3 is 2.55 bits per heavy atom. The lowest BCUT2D eigenvalue weighted by Crippen LogP contribution is -1.85. The highest BCUT2D eigenvalue weighted by atomic mass is 19.1. The van der Waals surface area contributed by atoms with Crippen LogP contribution in [0.3, 0.4) is 0 Å². The van der Waals surface area contributed by atoms with E-state index >= 15 is 0 Å². The zero-order valence-corrected chi connectivity index (χ0v) is 10.4. The van der Waals surface area contributed by atoms with Crippen molar-refractivity contribution >= 4 is 17.2 Å². The zero-order chi connectivity index (χ0) is 14.1. The standard InChI is InChI=1S/C16H9FN2O/c17-12-4-2-11(3-5-12)16-14(9-20)13-7-10(8-18)1-6-15(13)19-16/h1-7,9,19H. The average Bonchev–Trinajstić information content (AvgIpc) is 2.85. The number of hydrogen-bond acceptors (Lipinski definition) is 2. The Morgan fingerprint density at radius 1 is 1.15 bits per heavy atom. The van der Waals surface area contributed by atoms with Gasteiger partial charge in [-0.3, -0.25) is 4.79 Å². The molecule has 0 bridgehead atoms. The number of benzene rings is 2. The summed E-state index contributed by atoms with van der Waals surface area (Å²) in [6.45, 7) is 0. The highest BCUT2D eigenvalue weighted by Gasteiger charge is 2.13. The molecule has 0 fully saturated rings. The van der Waals surface area contributed by atoms with Crippen molar-refractivity contribution in [2.75, 3.05) is 0 Å². The Labute approximate surface area is 114 Å². The van der Waals surface area contributed by atoms with E-state index in [4.69, 9.17) is 5.26 Å². The van der Waals surface area contributed by atoms with Crippen molar-refractivity contribution in [3.63, 3.8) is 0 Å². The summed E-state index contributed by atoms with van der Waals surface area (Å²) in [6.07, 6.45) is 0.749. The molecule has 0 spiro atoms. The molecule has 3 aromatic rings. The van der Waals surface area contributed by atoms with Gasteiger partial charge < -0.3 is 4.98 Å². The molecule has 4 heteroatoms. The third kappa shape index (κ3) is 1.86. The van der Waals surface area contributed by atoms with Gasteiger partial charge in [-0.2, -0.15) is 5.26 Å². The largest absolute Gasteiger partial charge is 0.354 e. The molecular formula is C16H9FN2O. The molecule has 0 atom stereocenters. The lowest BCUT2D eigenvalue weighted by Gasteiger charge is -1.99. The van der Waals surface area contributed by atoms with E-state index in [9.17, 15) is 9.18 Å². The molecule has 1 heterocycles. The molecule has 0 saturated heterocycles. The Hall–Kier alpha value is -2.93. The maximum Gasteiger partial charge on any atom is 0.152 e. The SMILES string of the molecule is N#Cc1ccc2[nH]c(-c3ccc(F)cc3)c(C=O)c2c1. The molecule has 0 aliphatic carbocycles. The Bertz CT molecular complexity index is 841. The van der Waals surface area contributed by atoms with Crippen LogP contribution in [0.25, 0.3) is 22.2 Å². The lowest BCUT2D eigenvalue weighted by molar-refractivity contribution is 0.112. The maximum absolute atomic E-state index is 13.0. The second kappa shape index (κ2) is 4.63. The summed E-state index contributed by atoms with van der Waals surface area (Å²) >= 11 is 0. The molecule has 96 valence electrons. The summed E-state index contributed by atoms with van der Waals surface area (Å²) in [5, 5.41) is 9.62. The van der Waals surface area contributed by atoms with Gasteiger partial charge in [-0.1, -0.05) is 0 Å². The van der Waals surface area contributed by atoms with Gasteiger partial charge in [0.15, 0.2) is 6.29 Å². The van der Waals surface area contributed by atoms with E-state index in [0.29, 0.717) is 22.2 Å². The van der Waals surface area contributed by atoms with Crippen LogP contribution in [0.1, 0.15) is 15.9 Å². The summed E-state index contributed by atoms with van der Waals surface area (Å²) in [6, 6.07) is 13.1. The fourth-order valence-corrected chi connectivity index (χ4v) is 2.25. The number of aromatic amines is 1. The number of nitrogens with one attached hydrogen (secondary N) is 1.